The molecule has 220 valence electrons. The first kappa shape index (κ1) is 33.5. The minimum atomic E-state index is -2.22. The number of nitrogens with one attached hydrogen (secondary N) is 1. The average Bonchev–Trinajstić information content (AvgIpc) is 2.84. The fourth-order valence-electron chi connectivity index (χ4n) is 2.90. The Bertz CT molecular complexity index is 994. The number of carboxylic acids is 1. The van der Waals surface area contributed by atoms with Crippen molar-refractivity contribution < 1.29 is 52.7 Å². The van der Waals surface area contributed by atoms with Crippen molar-refractivity contribution in [2.24, 2.45) is 11.8 Å². The number of carbonyl (C=O) groups is 4. The number of carbonyl (C=O) groups excluding carboxylic acids is 3. The molecule has 0 aliphatic heterocycles. The van der Waals surface area contributed by atoms with Crippen molar-refractivity contribution in [3.8, 4) is 11.5 Å². The molecule has 0 radical (unpaired) electrons. The molecule has 12 heteroatoms. The minimum absolute atomic E-state index is 0.00499. The number of methoxy groups -OCH3 is 1. The van der Waals surface area contributed by atoms with Crippen LogP contribution in [0.2, 0.25) is 0 Å². The van der Waals surface area contributed by atoms with Gasteiger partial charge >= 0.3 is 24.4 Å². The van der Waals surface area contributed by atoms with Gasteiger partial charge in [-0.15, -0.1) is 0 Å². The van der Waals surface area contributed by atoms with Crippen molar-refractivity contribution in [3.63, 3.8) is 0 Å². The number of rotatable bonds is 13. The highest BCUT2D eigenvalue weighted by atomic mass is 16.8. The quantitative estimate of drug-likeness (QED) is 0.140. The summed E-state index contributed by atoms with van der Waals surface area (Å²) in [5.74, 6) is -1.85. The lowest BCUT2D eigenvalue weighted by atomic mass is 10.00. The third-order valence-corrected chi connectivity index (χ3v) is 6.15. The van der Waals surface area contributed by atoms with E-state index in [0.717, 1.165) is 7.11 Å². The van der Waals surface area contributed by atoms with Crippen LogP contribution in [0.3, 0.4) is 0 Å². The van der Waals surface area contributed by atoms with Gasteiger partial charge in [0.15, 0.2) is 11.5 Å². The molecule has 39 heavy (non-hydrogen) atoms. The van der Waals surface area contributed by atoms with Gasteiger partial charge in [-0.3, -0.25) is 5.32 Å². The maximum Gasteiger partial charge on any atom is 0.514 e. The molecule has 4 atom stereocenters. The normalized spacial score (nSPS) is 14.9. The Morgan fingerprint density at radius 2 is 1.36 bits per heavy atom. The molecular formula is C27H41NO11. The number of carboxylic acid groups (broad SMARTS) is 1. The lowest BCUT2D eigenvalue weighted by molar-refractivity contribution is -0.166. The van der Waals surface area contributed by atoms with Crippen molar-refractivity contribution in [3.05, 3.63) is 23.8 Å². The first-order valence-electron chi connectivity index (χ1n) is 12.8. The van der Waals surface area contributed by atoms with Gasteiger partial charge in [-0.25, -0.2) is 19.2 Å². The van der Waals surface area contributed by atoms with Gasteiger partial charge in [0, 0.05) is 12.5 Å². The predicted molar refractivity (Wildman–Crippen MR) is 140 cm³/mol. The van der Waals surface area contributed by atoms with Crippen LogP contribution in [0, 0.1) is 11.8 Å². The van der Waals surface area contributed by atoms with Crippen molar-refractivity contribution in [2.75, 3.05) is 7.11 Å². The van der Waals surface area contributed by atoms with Crippen LogP contribution in [0.5, 0.6) is 11.5 Å². The van der Waals surface area contributed by atoms with E-state index in [2.05, 4.69) is 10.1 Å². The van der Waals surface area contributed by atoms with Gasteiger partial charge in [-0.1, -0.05) is 40.7 Å². The summed E-state index contributed by atoms with van der Waals surface area (Å²) < 4.78 is 30.8. The van der Waals surface area contributed by atoms with Crippen molar-refractivity contribution in [2.45, 2.75) is 92.2 Å². The second-order valence-corrected chi connectivity index (χ2v) is 9.94. The van der Waals surface area contributed by atoms with Crippen molar-refractivity contribution in [1.82, 2.24) is 5.32 Å². The topological polar surface area (TPSA) is 156 Å². The Kier molecular flexibility index (Phi) is 13.0. The fraction of sp³-hybridized carbons (Fsp3) is 0.630. The van der Waals surface area contributed by atoms with Gasteiger partial charge in [0.2, 0.25) is 0 Å². The van der Waals surface area contributed by atoms with Gasteiger partial charge in [0.1, 0.15) is 12.2 Å². The van der Waals surface area contributed by atoms with Crippen LogP contribution in [-0.2, 0) is 30.2 Å². The van der Waals surface area contributed by atoms with E-state index in [0.29, 0.717) is 6.42 Å². The standard InChI is InChI=1S/C27H41NO11/c1-10-17(6)28-27(23(29)30,39-24(31)34-9)14-20-11-12-21(37-25(32)35-18(7)15(2)3)22(13-20)38-26(33)36-19(8)16(4)5/h11-13,15-19,28H,10,14H2,1-9H3,(H,29,30)/t17?,18?,19?,27-/m0/s1. The molecule has 0 saturated heterocycles. The minimum Gasteiger partial charge on any atom is -0.477 e. The van der Waals surface area contributed by atoms with E-state index >= 15 is 0 Å². The molecule has 0 amide bonds. The first-order valence-corrected chi connectivity index (χ1v) is 12.8. The molecule has 0 aliphatic rings. The Morgan fingerprint density at radius 1 is 0.846 bits per heavy atom. The molecule has 12 nitrogen and oxygen atoms in total. The largest absolute Gasteiger partial charge is 0.514 e. The molecule has 1 rings (SSSR count). The molecule has 3 unspecified atom stereocenters. The summed E-state index contributed by atoms with van der Waals surface area (Å²) in [5, 5.41) is 12.9. The molecule has 0 saturated carbocycles. The van der Waals surface area contributed by atoms with Crippen molar-refractivity contribution >= 4 is 24.4 Å². The molecular weight excluding hydrogens is 514 g/mol. The van der Waals surface area contributed by atoms with E-state index in [1.165, 1.54) is 18.2 Å². The SMILES string of the molecule is CCC(C)N[C@@](Cc1ccc(OC(=O)OC(C)C(C)C)c(OC(=O)OC(C)C(C)C)c1)(OC(=O)OC)C(=O)O. The van der Waals surface area contributed by atoms with E-state index in [-0.39, 0.29) is 34.9 Å². The van der Waals surface area contributed by atoms with Crippen LogP contribution >= 0.6 is 0 Å². The van der Waals surface area contributed by atoms with Crippen LogP contribution in [0.4, 0.5) is 14.4 Å². The van der Waals surface area contributed by atoms with Crippen LogP contribution < -0.4 is 14.8 Å². The molecule has 0 aliphatic carbocycles. The number of benzene rings is 1. The molecule has 0 aromatic heterocycles. The molecule has 1 aromatic carbocycles. The predicted octanol–water partition coefficient (Wildman–Crippen LogP) is 5.30. The highest BCUT2D eigenvalue weighted by molar-refractivity contribution is 5.80. The zero-order chi connectivity index (χ0) is 29.9. The maximum absolute atomic E-state index is 12.5. The highest BCUT2D eigenvalue weighted by Gasteiger charge is 2.44. The monoisotopic (exact) mass is 555 g/mol. The zero-order valence-corrected chi connectivity index (χ0v) is 24.1. The highest BCUT2D eigenvalue weighted by Crippen LogP contribution is 2.32. The lowest BCUT2D eigenvalue weighted by Gasteiger charge is -2.32. The van der Waals surface area contributed by atoms with Crippen LogP contribution in [0.15, 0.2) is 18.2 Å². The summed E-state index contributed by atoms with van der Waals surface area (Å²) in [5.41, 5.74) is -1.96. The number of ether oxygens (including phenoxy) is 6. The third-order valence-electron chi connectivity index (χ3n) is 6.15. The van der Waals surface area contributed by atoms with Crippen molar-refractivity contribution in [1.29, 1.82) is 0 Å². The van der Waals surface area contributed by atoms with Crippen LogP contribution in [0.25, 0.3) is 0 Å². The third kappa shape index (κ3) is 10.6. The second-order valence-electron chi connectivity index (χ2n) is 9.94. The number of hydrogen-bond acceptors (Lipinski definition) is 11. The van der Waals surface area contributed by atoms with Gasteiger partial charge in [0.25, 0.3) is 5.72 Å². The number of aliphatic carboxylic acids is 1. The Morgan fingerprint density at radius 3 is 1.79 bits per heavy atom. The van der Waals surface area contributed by atoms with Gasteiger partial charge in [-0.2, -0.15) is 0 Å². The lowest BCUT2D eigenvalue weighted by Crippen LogP contribution is -2.59. The summed E-state index contributed by atoms with van der Waals surface area (Å²) in [6.45, 7) is 14.4. The average molecular weight is 556 g/mol. The second kappa shape index (κ2) is 15.2. The first-order chi connectivity index (χ1) is 18.1. The zero-order valence-electron chi connectivity index (χ0n) is 24.1. The summed E-state index contributed by atoms with van der Waals surface area (Å²) in [6, 6.07) is 3.65. The van der Waals surface area contributed by atoms with E-state index in [4.69, 9.17) is 23.7 Å². The summed E-state index contributed by atoms with van der Waals surface area (Å²) in [4.78, 5) is 49.2. The molecule has 0 fully saturated rings. The van der Waals surface area contributed by atoms with Crippen LogP contribution in [-0.4, -0.2) is 60.6 Å². The fourth-order valence-corrected chi connectivity index (χ4v) is 2.90. The molecule has 0 spiro atoms. The Hall–Kier alpha value is -3.54. The van der Waals surface area contributed by atoms with Gasteiger partial charge in [0.05, 0.1) is 7.11 Å². The van der Waals surface area contributed by atoms with E-state index in [1.54, 1.807) is 20.8 Å². The maximum atomic E-state index is 12.5. The molecule has 0 heterocycles. The van der Waals surface area contributed by atoms with Gasteiger partial charge < -0.3 is 33.5 Å². The van der Waals surface area contributed by atoms with Crippen LogP contribution in [0.1, 0.15) is 67.4 Å². The Labute approximate surface area is 229 Å². The van der Waals surface area contributed by atoms with E-state index in [9.17, 15) is 24.3 Å². The summed E-state index contributed by atoms with van der Waals surface area (Å²) in [7, 11) is 1.05. The van der Waals surface area contributed by atoms with E-state index in [1.807, 2.05) is 34.6 Å². The number of hydrogen-bond donors (Lipinski definition) is 2. The smallest absolute Gasteiger partial charge is 0.477 e. The Balaban J connectivity index is 3.45. The molecule has 0 bridgehead atoms. The molecule has 2 N–H and O–H groups in total. The summed E-state index contributed by atoms with van der Waals surface area (Å²) >= 11 is 0. The summed E-state index contributed by atoms with van der Waals surface area (Å²) in [6.07, 6.45) is -4.09. The van der Waals surface area contributed by atoms with E-state index < -0.39 is 48.8 Å². The molecule has 1 aromatic rings. The van der Waals surface area contributed by atoms with Gasteiger partial charge in [-0.05, 0) is 56.7 Å².